The number of hydrogen-bond acceptors (Lipinski definition) is 4. The van der Waals surface area contributed by atoms with Crippen LogP contribution in [0.15, 0.2) is 217 Å². The number of nitrogens with zero attached hydrogens (tertiary/aromatic N) is 5. The molecule has 63 heavy (non-hydrogen) atoms. The second-order valence-corrected chi connectivity index (χ2v) is 15.5. The molecule has 4 heterocycles. The lowest BCUT2D eigenvalue weighted by Crippen LogP contribution is -2.05. The van der Waals surface area contributed by atoms with E-state index in [-0.39, 0.29) is 63.8 Å². The van der Waals surface area contributed by atoms with Gasteiger partial charge >= 0.3 is 0 Å². The molecule has 0 radical (unpaired) electrons. The summed E-state index contributed by atoms with van der Waals surface area (Å²) in [6.45, 7) is 0. The highest BCUT2D eigenvalue weighted by molar-refractivity contribution is 6.14. The van der Waals surface area contributed by atoms with Crippen LogP contribution in [0.3, 0.4) is 0 Å². The zero-order chi connectivity index (χ0) is 46.7. The van der Waals surface area contributed by atoms with E-state index in [2.05, 4.69) is 75.9 Å². The minimum absolute atomic E-state index is 0.0122. The van der Waals surface area contributed by atoms with Gasteiger partial charge in [-0.15, -0.1) is 0 Å². The van der Waals surface area contributed by atoms with Crippen molar-refractivity contribution in [3.63, 3.8) is 0 Å². The molecular weight excluding hydrogens is 771 g/mol. The highest BCUT2D eigenvalue weighted by Gasteiger charge is 2.25. The van der Waals surface area contributed by atoms with E-state index in [1.54, 1.807) is 0 Å². The lowest BCUT2D eigenvalue weighted by atomic mass is 9.97. The fourth-order valence-corrected chi connectivity index (χ4v) is 9.20. The first-order valence-electron chi connectivity index (χ1n) is 23.7. The molecule has 0 amide bonds. The summed E-state index contributed by atoms with van der Waals surface area (Å²) in [6.07, 6.45) is 0. The third-order valence-corrected chi connectivity index (χ3v) is 11.9. The Balaban J connectivity index is 1.15. The van der Waals surface area contributed by atoms with E-state index >= 15 is 0 Å². The van der Waals surface area contributed by atoms with Crippen molar-refractivity contribution < 1.29 is 12.6 Å². The number of benzene rings is 9. The summed E-state index contributed by atoms with van der Waals surface area (Å²) in [5.74, 6) is 1.23. The van der Waals surface area contributed by atoms with E-state index in [9.17, 15) is 2.74 Å². The van der Waals surface area contributed by atoms with E-state index in [1.165, 1.54) is 6.07 Å². The lowest BCUT2D eigenvalue weighted by molar-refractivity contribution is 0.670. The zero-order valence-electron chi connectivity index (χ0n) is 39.4. The van der Waals surface area contributed by atoms with E-state index < -0.39 is 0 Å². The number of para-hydroxylation sites is 7. The van der Waals surface area contributed by atoms with Crippen molar-refractivity contribution in [2.24, 2.45) is 0 Å². The average molecular weight is 812 g/mol. The molecule has 0 aliphatic heterocycles. The van der Waals surface area contributed by atoms with Gasteiger partial charge in [0.25, 0.3) is 0 Å². The van der Waals surface area contributed by atoms with Crippen LogP contribution in [-0.2, 0) is 0 Å². The third kappa shape index (κ3) is 5.48. The Morgan fingerprint density at radius 1 is 0.381 bits per heavy atom. The molecule has 13 rings (SSSR count). The molecule has 0 aliphatic rings. The molecule has 0 N–H and O–H groups in total. The largest absolute Gasteiger partial charge is 0.455 e. The molecule has 0 fully saturated rings. The summed E-state index contributed by atoms with van der Waals surface area (Å²) in [7, 11) is 0. The zero-order valence-corrected chi connectivity index (χ0v) is 33.4. The smallest absolute Gasteiger partial charge is 0.166 e. The van der Waals surface area contributed by atoms with Gasteiger partial charge in [-0.25, -0.2) is 15.0 Å². The fourth-order valence-electron chi connectivity index (χ4n) is 9.20. The van der Waals surface area contributed by atoms with Gasteiger partial charge in [0, 0.05) is 65.8 Å². The monoisotopic (exact) mass is 811 g/mol. The van der Waals surface area contributed by atoms with E-state index in [4.69, 9.17) is 24.9 Å². The lowest BCUT2D eigenvalue weighted by Gasteiger charge is -2.19. The van der Waals surface area contributed by atoms with Crippen LogP contribution in [0.5, 0.6) is 0 Å². The predicted octanol–water partition coefficient (Wildman–Crippen LogP) is 14.6. The molecule has 294 valence electrons. The summed E-state index contributed by atoms with van der Waals surface area (Å²) >= 11 is 0. The highest BCUT2D eigenvalue weighted by Crippen LogP contribution is 2.44. The molecule has 6 nitrogen and oxygen atoms in total. The van der Waals surface area contributed by atoms with Gasteiger partial charge in [0.15, 0.2) is 17.5 Å². The van der Waals surface area contributed by atoms with Crippen LogP contribution in [0.2, 0.25) is 0 Å². The molecule has 4 aromatic heterocycles. The molecule has 0 spiro atoms. The van der Waals surface area contributed by atoms with Crippen molar-refractivity contribution in [2.45, 2.75) is 0 Å². The Labute approximate surface area is 370 Å². The Hall–Kier alpha value is -8.61. The molecule has 0 saturated carbocycles. The summed E-state index contributed by atoms with van der Waals surface area (Å²) in [6, 6.07) is 56.3. The van der Waals surface area contributed by atoms with E-state index in [0.717, 1.165) is 60.4 Å². The maximum atomic E-state index is 9.63. The summed E-state index contributed by atoms with van der Waals surface area (Å²) in [5, 5.41) is 4.37. The Kier molecular flexibility index (Phi) is 6.56. The van der Waals surface area contributed by atoms with Crippen LogP contribution >= 0.6 is 0 Å². The Morgan fingerprint density at radius 3 is 1.70 bits per heavy atom. The van der Waals surface area contributed by atoms with Crippen LogP contribution < -0.4 is 0 Å². The number of fused-ring (bicyclic) bond motifs is 9. The molecule has 13 aromatic rings. The second-order valence-electron chi connectivity index (χ2n) is 15.5. The van der Waals surface area contributed by atoms with Crippen molar-refractivity contribution in [1.82, 2.24) is 24.1 Å². The summed E-state index contributed by atoms with van der Waals surface area (Å²) < 4.78 is 65.1. The average Bonchev–Trinajstić information content (AvgIpc) is 4.06. The van der Waals surface area contributed by atoms with Gasteiger partial charge in [-0.2, -0.15) is 0 Å². The molecule has 6 heteroatoms. The van der Waals surface area contributed by atoms with Gasteiger partial charge in [0.05, 0.1) is 36.0 Å². The molecule has 9 aromatic carbocycles. The number of furan rings is 1. The Morgan fingerprint density at radius 2 is 0.968 bits per heavy atom. The maximum Gasteiger partial charge on any atom is 0.166 e. The van der Waals surface area contributed by atoms with Gasteiger partial charge in [0.1, 0.15) is 11.2 Å². The standard InChI is InChI=1S/C57H35N5O/c1-3-17-36(18-4-1)55-58-56(37-33-34-42-41-23-7-11-29-48(41)61(51(42)35-37)38-19-5-2-6-20-38)60-57(59-55)47-28-15-25-44(46-27-16-26-45-43-24-10-14-32-52(43)63-54(45)46)53(47)62-49-30-12-8-21-39(49)40-22-9-13-31-50(40)62/h1-35H/i10D,16D,24D,26D,27D,32D. The SMILES string of the molecule is [2H]c1cc([2H])c2oc3c(-c4cccc(-c5nc(-c6ccccc6)nc(-c6ccc7c8ccccc8n(-c8ccccc8)c7c6)n5)c4-n4c5ccccc5c5ccccc54)c([2H])c([2H])c([2H])c3c2c1[2H]. The topological polar surface area (TPSA) is 61.7 Å². The summed E-state index contributed by atoms with van der Waals surface area (Å²) in [4.78, 5) is 15.8. The summed E-state index contributed by atoms with van der Waals surface area (Å²) in [5.41, 5.74) is 8.28. The quantitative estimate of drug-likeness (QED) is 0.168. The van der Waals surface area contributed by atoms with Gasteiger partial charge < -0.3 is 13.6 Å². The van der Waals surface area contributed by atoms with Crippen molar-refractivity contribution in [3.05, 3.63) is 212 Å². The van der Waals surface area contributed by atoms with Crippen molar-refractivity contribution in [2.75, 3.05) is 0 Å². The molecule has 0 unspecified atom stereocenters. The number of rotatable bonds is 6. The normalized spacial score (nSPS) is 13.1. The van der Waals surface area contributed by atoms with Gasteiger partial charge in [-0.3, -0.25) is 0 Å². The van der Waals surface area contributed by atoms with Crippen LogP contribution in [0.1, 0.15) is 8.22 Å². The molecule has 0 atom stereocenters. The third-order valence-electron chi connectivity index (χ3n) is 11.9. The van der Waals surface area contributed by atoms with Crippen LogP contribution in [0.4, 0.5) is 0 Å². The Bertz CT molecular complexity index is 4220. The van der Waals surface area contributed by atoms with Crippen LogP contribution in [0, 0.1) is 0 Å². The molecule has 0 bridgehead atoms. The first kappa shape index (κ1) is 29.6. The second kappa shape index (κ2) is 14.0. The van der Waals surface area contributed by atoms with Crippen molar-refractivity contribution in [3.8, 4) is 56.7 Å². The predicted molar refractivity (Wildman–Crippen MR) is 258 cm³/mol. The van der Waals surface area contributed by atoms with Gasteiger partial charge in [-0.05, 0) is 48.5 Å². The van der Waals surface area contributed by atoms with Crippen molar-refractivity contribution >= 4 is 65.6 Å². The number of hydrogen-bond donors (Lipinski definition) is 0. The van der Waals surface area contributed by atoms with E-state index in [0.29, 0.717) is 34.3 Å². The molecule has 0 aliphatic carbocycles. The van der Waals surface area contributed by atoms with Gasteiger partial charge in [0.2, 0.25) is 0 Å². The molecule has 0 saturated heterocycles. The van der Waals surface area contributed by atoms with Crippen LogP contribution in [-0.4, -0.2) is 24.1 Å². The highest BCUT2D eigenvalue weighted by atomic mass is 16.3. The molecular formula is C57H35N5O. The number of aromatic nitrogens is 5. The maximum absolute atomic E-state index is 9.63. The first-order chi connectivity index (χ1) is 33.7. The first-order valence-corrected chi connectivity index (χ1v) is 20.7. The minimum Gasteiger partial charge on any atom is -0.455 e. The van der Waals surface area contributed by atoms with E-state index in [1.807, 2.05) is 103 Å². The van der Waals surface area contributed by atoms with Gasteiger partial charge in [-0.1, -0.05) is 164 Å². The van der Waals surface area contributed by atoms with Crippen LogP contribution in [0.25, 0.3) is 122 Å². The fraction of sp³-hybridized carbons (Fsp3) is 0. The van der Waals surface area contributed by atoms with Crippen molar-refractivity contribution in [1.29, 1.82) is 0 Å². The minimum atomic E-state index is -0.378.